The van der Waals surface area contributed by atoms with Crippen molar-refractivity contribution in [3.05, 3.63) is 46.5 Å². The summed E-state index contributed by atoms with van der Waals surface area (Å²) in [6.07, 6.45) is 3.29. The summed E-state index contributed by atoms with van der Waals surface area (Å²) in [5.74, 6) is 0. The van der Waals surface area contributed by atoms with Crippen LogP contribution in [0, 0.1) is 11.3 Å². The van der Waals surface area contributed by atoms with Crippen molar-refractivity contribution in [2.45, 2.75) is 4.90 Å². The van der Waals surface area contributed by atoms with Gasteiger partial charge in [0, 0.05) is 10.5 Å². The Kier molecular flexibility index (Phi) is 3.26. The predicted molar refractivity (Wildman–Crippen MR) is 66.8 cm³/mol. The molecule has 2 rings (SSSR count). The largest absolute Gasteiger partial charge is 0.312 e. The lowest BCUT2D eigenvalue weighted by molar-refractivity contribution is 1.10. The SMILES string of the molecule is CSc1ccc(-c2nc[nH]c(=O)c2C#N)cc1. The zero-order valence-corrected chi connectivity index (χ0v) is 9.91. The molecule has 1 heterocycles. The second kappa shape index (κ2) is 4.85. The number of nitriles is 1. The van der Waals surface area contributed by atoms with Gasteiger partial charge in [0.15, 0.2) is 0 Å². The normalized spacial score (nSPS) is 9.88. The second-order valence-electron chi connectivity index (χ2n) is 3.30. The maximum Gasteiger partial charge on any atom is 0.269 e. The topological polar surface area (TPSA) is 69.5 Å². The molecule has 0 aliphatic carbocycles. The Morgan fingerprint density at radius 2 is 2.06 bits per heavy atom. The van der Waals surface area contributed by atoms with Gasteiger partial charge in [0.2, 0.25) is 0 Å². The molecule has 1 aromatic heterocycles. The molecule has 0 aliphatic rings. The maximum atomic E-state index is 11.4. The van der Waals surface area contributed by atoms with Gasteiger partial charge in [-0.05, 0) is 18.4 Å². The standard InChI is InChI=1S/C12H9N3OS/c1-17-9-4-2-8(3-5-9)11-10(6-13)12(16)15-7-14-11/h2-5,7H,1H3,(H,14,15,16). The summed E-state index contributed by atoms with van der Waals surface area (Å²) >= 11 is 1.63. The molecule has 1 N–H and O–H groups in total. The van der Waals surface area contributed by atoms with Crippen LogP contribution in [0.1, 0.15) is 5.56 Å². The van der Waals surface area contributed by atoms with Gasteiger partial charge in [-0.3, -0.25) is 4.79 Å². The Bertz CT molecular complexity index is 625. The Morgan fingerprint density at radius 3 is 2.65 bits per heavy atom. The predicted octanol–water partition coefficient (Wildman–Crippen LogP) is 2.03. The van der Waals surface area contributed by atoms with Gasteiger partial charge in [-0.2, -0.15) is 5.26 Å². The molecular weight excluding hydrogens is 234 g/mol. The first-order chi connectivity index (χ1) is 8.26. The molecule has 0 aliphatic heterocycles. The highest BCUT2D eigenvalue weighted by Crippen LogP contribution is 2.22. The van der Waals surface area contributed by atoms with Crippen molar-refractivity contribution >= 4 is 11.8 Å². The van der Waals surface area contributed by atoms with E-state index in [-0.39, 0.29) is 5.56 Å². The quantitative estimate of drug-likeness (QED) is 0.819. The maximum absolute atomic E-state index is 11.4. The summed E-state index contributed by atoms with van der Waals surface area (Å²) in [5.41, 5.74) is 0.824. The van der Waals surface area contributed by atoms with Crippen LogP contribution in [0.3, 0.4) is 0 Å². The van der Waals surface area contributed by atoms with E-state index in [1.807, 2.05) is 36.6 Å². The third kappa shape index (κ3) is 2.22. The smallest absolute Gasteiger partial charge is 0.269 e. The van der Waals surface area contributed by atoms with Crippen LogP contribution in [0.4, 0.5) is 0 Å². The fourth-order valence-electron chi connectivity index (χ4n) is 1.47. The summed E-state index contributed by atoms with van der Waals surface area (Å²) in [6.45, 7) is 0. The molecule has 0 amide bonds. The molecule has 0 unspecified atom stereocenters. The third-order valence-corrected chi connectivity index (χ3v) is 3.07. The second-order valence-corrected chi connectivity index (χ2v) is 4.18. The van der Waals surface area contributed by atoms with Crippen molar-refractivity contribution in [3.8, 4) is 17.3 Å². The number of H-pyrrole nitrogens is 1. The van der Waals surface area contributed by atoms with Crippen LogP contribution < -0.4 is 5.56 Å². The van der Waals surface area contributed by atoms with E-state index in [4.69, 9.17) is 5.26 Å². The number of aromatic nitrogens is 2. The van der Waals surface area contributed by atoms with E-state index in [2.05, 4.69) is 9.97 Å². The first-order valence-corrected chi connectivity index (χ1v) is 6.11. The Balaban J connectivity index is 2.57. The molecule has 4 nitrogen and oxygen atoms in total. The molecule has 0 fully saturated rings. The van der Waals surface area contributed by atoms with Gasteiger partial charge < -0.3 is 4.98 Å². The Hall–Kier alpha value is -2.06. The van der Waals surface area contributed by atoms with Gasteiger partial charge in [-0.25, -0.2) is 4.98 Å². The zero-order chi connectivity index (χ0) is 12.3. The van der Waals surface area contributed by atoms with Crippen LogP contribution in [0.15, 0.2) is 40.3 Å². The van der Waals surface area contributed by atoms with Gasteiger partial charge in [-0.15, -0.1) is 11.8 Å². The number of nitrogens with zero attached hydrogens (tertiary/aromatic N) is 2. The molecule has 17 heavy (non-hydrogen) atoms. The van der Waals surface area contributed by atoms with Gasteiger partial charge >= 0.3 is 0 Å². The number of rotatable bonds is 2. The van der Waals surface area contributed by atoms with E-state index < -0.39 is 5.56 Å². The van der Waals surface area contributed by atoms with E-state index >= 15 is 0 Å². The van der Waals surface area contributed by atoms with Crippen LogP contribution >= 0.6 is 11.8 Å². The average Bonchev–Trinajstić information content (AvgIpc) is 2.38. The van der Waals surface area contributed by atoms with Crippen molar-refractivity contribution < 1.29 is 0 Å². The summed E-state index contributed by atoms with van der Waals surface area (Å²) in [6, 6.07) is 9.46. The lowest BCUT2D eigenvalue weighted by Gasteiger charge is -2.02. The summed E-state index contributed by atoms with van der Waals surface area (Å²) in [7, 11) is 0. The number of thioether (sulfide) groups is 1. The number of benzene rings is 1. The number of hydrogen-bond donors (Lipinski definition) is 1. The van der Waals surface area contributed by atoms with Crippen molar-refractivity contribution in [2.24, 2.45) is 0 Å². The van der Waals surface area contributed by atoms with Gasteiger partial charge in [0.25, 0.3) is 5.56 Å². The van der Waals surface area contributed by atoms with E-state index in [0.717, 1.165) is 10.5 Å². The van der Waals surface area contributed by atoms with Crippen LogP contribution in [0.5, 0.6) is 0 Å². The molecule has 1 aromatic carbocycles. The number of nitrogens with one attached hydrogen (secondary N) is 1. The molecule has 5 heteroatoms. The zero-order valence-electron chi connectivity index (χ0n) is 9.10. The Labute approximate surface area is 102 Å². The summed E-state index contributed by atoms with van der Waals surface area (Å²) < 4.78 is 0. The summed E-state index contributed by atoms with van der Waals surface area (Å²) in [5, 5.41) is 8.95. The average molecular weight is 243 g/mol. The highest BCUT2D eigenvalue weighted by Gasteiger charge is 2.09. The first kappa shape index (κ1) is 11.4. The molecule has 0 radical (unpaired) electrons. The monoisotopic (exact) mass is 243 g/mol. The van der Waals surface area contributed by atoms with Crippen LogP contribution in [0.2, 0.25) is 0 Å². The fourth-order valence-corrected chi connectivity index (χ4v) is 1.88. The Morgan fingerprint density at radius 1 is 1.35 bits per heavy atom. The minimum absolute atomic E-state index is 0.0457. The van der Waals surface area contributed by atoms with E-state index in [9.17, 15) is 4.79 Å². The van der Waals surface area contributed by atoms with E-state index in [0.29, 0.717) is 5.69 Å². The minimum atomic E-state index is -0.411. The van der Waals surface area contributed by atoms with Crippen LogP contribution in [0.25, 0.3) is 11.3 Å². The lowest BCUT2D eigenvalue weighted by atomic mass is 10.1. The highest BCUT2D eigenvalue weighted by atomic mass is 32.2. The van der Waals surface area contributed by atoms with Gasteiger partial charge in [-0.1, -0.05) is 12.1 Å². The van der Waals surface area contributed by atoms with E-state index in [1.54, 1.807) is 11.8 Å². The van der Waals surface area contributed by atoms with Crippen LogP contribution in [-0.2, 0) is 0 Å². The molecule has 0 saturated heterocycles. The fraction of sp³-hybridized carbons (Fsp3) is 0.0833. The molecule has 0 atom stereocenters. The highest BCUT2D eigenvalue weighted by molar-refractivity contribution is 7.98. The van der Waals surface area contributed by atoms with Gasteiger partial charge in [0.1, 0.15) is 11.6 Å². The minimum Gasteiger partial charge on any atom is -0.312 e. The van der Waals surface area contributed by atoms with Crippen LogP contribution in [-0.4, -0.2) is 16.2 Å². The van der Waals surface area contributed by atoms with Gasteiger partial charge in [0.05, 0.1) is 12.0 Å². The van der Waals surface area contributed by atoms with E-state index in [1.165, 1.54) is 6.33 Å². The van der Waals surface area contributed by atoms with Crippen molar-refractivity contribution in [1.29, 1.82) is 5.26 Å². The lowest BCUT2D eigenvalue weighted by Crippen LogP contribution is -2.12. The molecule has 0 bridgehead atoms. The van der Waals surface area contributed by atoms with Crippen molar-refractivity contribution in [1.82, 2.24) is 9.97 Å². The number of hydrogen-bond acceptors (Lipinski definition) is 4. The van der Waals surface area contributed by atoms with Crippen molar-refractivity contribution in [2.75, 3.05) is 6.26 Å². The molecule has 0 saturated carbocycles. The third-order valence-electron chi connectivity index (χ3n) is 2.33. The van der Waals surface area contributed by atoms with Crippen molar-refractivity contribution in [3.63, 3.8) is 0 Å². The number of aromatic amines is 1. The first-order valence-electron chi connectivity index (χ1n) is 4.88. The molecule has 2 aromatic rings. The summed E-state index contributed by atoms with van der Waals surface area (Å²) in [4.78, 5) is 19.0. The molecule has 0 spiro atoms. The molecule has 84 valence electrons. The molecular formula is C12H9N3OS.